The fourth-order valence-electron chi connectivity index (χ4n) is 2.76. The summed E-state index contributed by atoms with van der Waals surface area (Å²) in [5, 5.41) is 7.70. The van der Waals surface area contributed by atoms with Gasteiger partial charge < -0.3 is 10.1 Å². The van der Waals surface area contributed by atoms with Gasteiger partial charge >= 0.3 is 0 Å². The molecule has 2 heterocycles. The summed E-state index contributed by atoms with van der Waals surface area (Å²) in [5.41, 5.74) is 2.41. The van der Waals surface area contributed by atoms with Gasteiger partial charge in [0.15, 0.2) is 0 Å². The Morgan fingerprint density at radius 2 is 2.26 bits per heavy atom. The van der Waals surface area contributed by atoms with Gasteiger partial charge in [0, 0.05) is 18.5 Å². The zero-order chi connectivity index (χ0) is 13.4. The van der Waals surface area contributed by atoms with Crippen LogP contribution in [0.5, 0.6) is 5.75 Å². The zero-order valence-electron chi connectivity index (χ0n) is 10.9. The van der Waals surface area contributed by atoms with E-state index < -0.39 is 0 Å². The molecule has 2 aromatic rings. The average molecular weight is 322 g/mol. The van der Waals surface area contributed by atoms with Crippen LogP contribution in [0, 0.1) is 0 Å². The van der Waals surface area contributed by atoms with Crippen LogP contribution in [0.3, 0.4) is 0 Å². The van der Waals surface area contributed by atoms with E-state index in [9.17, 15) is 0 Å². The number of nitrogens with one attached hydrogen (secondary N) is 1. The highest BCUT2D eigenvalue weighted by Gasteiger charge is 2.33. The standard InChI is InChI=1S/C14H16BrN3O/c1-16-13(14-11(15)7-17-18(14)2)10-8-19-12-6-4-3-5-9(10)12/h3-7,10,13,16H,8H2,1-2H3. The second-order valence-electron chi connectivity index (χ2n) is 4.72. The summed E-state index contributed by atoms with van der Waals surface area (Å²) >= 11 is 3.58. The van der Waals surface area contributed by atoms with Gasteiger partial charge in [-0.15, -0.1) is 0 Å². The Hall–Kier alpha value is -1.33. The lowest BCUT2D eigenvalue weighted by Crippen LogP contribution is -2.27. The number of likely N-dealkylation sites (N-methyl/N-ethyl adjacent to an activating group) is 1. The van der Waals surface area contributed by atoms with Crippen molar-refractivity contribution in [2.24, 2.45) is 7.05 Å². The van der Waals surface area contributed by atoms with Crippen LogP contribution in [0.2, 0.25) is 0 Å². The fourth-order valence-corrected chi connectivity index (χ4v) is 3.36. The molecule has 3 rings (SSSR count). The Bertz CT molecular complexity index is 577. The Morgan fingerprint density at radius 3 is 2.95 bits per heavy atom. The van der Waals surface area contributed by atoms with E-state index in [-0.39, 0.29) is 6.04 Å². The minimum atomic E-state index is 0.172. The lowest BCUT2D eigenvalue weighted by molar-refractivity contribution is 0.300. The highest BCUT2D eigenvalue weighted by molar-refractivity contribution is 9.10. The van der Waals surface area contributed by atoms with E-state index in [1.165, 1.54) is 5.56 Å². The first kappa shape index (κ1) is 12.7. The Labute approximate surface area is 120 Å². The molecule has 1 aliphatic heterocycles. The van der Waals surface area contributed by atoms with Gasteiger partial charge in [0.05, 0.1) is 29.0 Å². The molecule has 0 spiro atoms. The zero-order valence-corrected chi connectivity index (χ0v) is 12.5. The summed E-state index contributed by atoms with van der Waals surface area (Å²) in [7, 11) is 3.94. The van der Waals surface area contributed by atoms with Crippen LogP contribution >= 0.6 is 15.9 Å². The number of rotatable bonds is 3. The number of benzene rings is 1. The van der Waals surface area contributed by atoms with Crippen LogP contribution in [-0.4, -0.2) is 23.4 Å². The Balaban J connectivity index is 2.01. The molecule has 4 nitrogen and oxygen atoms in total. The quantitative estimate of drug-likeness (QED) is 0.944. The maximum atomic E-state index is 5.79. The summed E-state index contributed by atoms with van der Waals surface area (Å²) in [6, 6.07) is 8.41. The molecule has 0 radical (unpaired) electrons. The van der Waals surface area contributed by atoms with E-state index in [1.807, 2.05) is 37.1 Å². The van der Waals surface area contributed by atoms with Crippen molar-refractivity contribution < 1.29 is 4.74 Å². The summed E-state index contributed by atoms with van der Waals surface area (Å²) in [5.74, 6) is 1.29. The van der Waals surface area contributed by atoms with Gasteiger partial charge in [0.1, 0.15) is 5.75 Å². The molecule has 1 aliphatic rings. The molecule has 19 heavy (non-hydrogen) atoms. The number of aryl methyl sites for hydroxylation is 1. The summed E-state index contributed by atoms with van der Waals surface area (Å²) in [6.45, 7) is 0.697. The van der Waals surface area contributed by atoms with Crippen molar-refractivity contribution in [2.45, 2.75) is 12.0 Å². The van der Waals surface area contributed by atoms with Gasteiger partial charge in [0.2, 0.25) is 0 Å². The maximum Gasteiger partial charge on any atom is 0.122 e. The van der Waals surface area contributed by atoms with Crippen molar-refractivity contribution >= 4 is 15.9 Å². The van der Waals surface area contributed by atoms with E-state index in [0.29, 0.717) is 12.5 Å². The van der Waals surface area contributed by atoms with Crippen molar-refractivity contribution in [3.8, 4) is 5.75 Å². The molecule has 0 bridgehead atoms. The molecular weight excluding hydrogens is 306 g/mol. The molecule has 1 N–H and O–H groups in total. The van der Waals surface area contributed by atoms with Gasteiger partial charge in [0.25, 0.3) is 0 Å². The number of halogens is 1. The van der Waals surface area contributed by atoms with E-state index in [1.54, 1.807) is 0 Å². The monoisotopic (exact) mass is 321 g/mol. The molecule has 0 fully saturated rings. The van der Waals surface area contributed by atoms with E-state index in [0.717, 1.165) is 15.9 Å². The first-order chi connectivity index (χ1) is 9.22. The number of fused-ring (bicyclic) bond motifs is 1. The summed E-state index contributed by atoms with van der Waals surface area (Å²) < 4.78 is 8.72. The number of ether oxygens (including phenoxy) is 1. The summed E-state index contributed by atoms with van der Waals surface area (Å²) in [4.78, 5) is 0. The van der Waals surface area contributed by atoms with Gasteiger partial charge in [-0.2, -0.15) is 5.10 Å². The third-order valence-corrected chi connectivity index (χ3v) is 4.29. The van der Waals surface area contributed by atoms with Gasteiger partial charge in [-0.1, -0.05) is 18.2 Å². The van der Waals surface area contributed by atoms with Crippen molar-refractivity contribution in [2.75, 3.05) is 13.7 Å². The van der Waals surface area contributed by atoms with Crippen molar-refractivity contribution in [1.29, 1.82) is 0 Å². The predicted octanol–water partition coefficient (Wildman–Crippen LogP) is 2.62. The van der Waals surface area contributed by atoms with Crippen LogP contribution in [0.1, 0.15) is 23.2 Å². The average Bonchev–Trinajstić information content (AvgIpc) is 2.98. The van der Waals surface area contributed by atoms with E-state index in [4.69, 9.17) is 4.74 Å². The molecule has 0 aliphatic carbocycles. The molecule has 0 saturated carbocycles. The summed E-state index contributed by atoms with van der Waals surface area (Å²) in [6.07, 6.45) is 1.83. The van der Waals surface area contributed by atoms with Crippen molar-refractivity contribution in [1.82, 2.24) is 15.1 Å². The molecule has 1 aromatic carbocycles. The van der Waals surface area contributed by atoms with E-state index >= 15 is 0 Å². The fraction of sp³-hybridized carbons (Fsp3) is 0.357. The van der Waals surface area contributed by atoms with E-state index in [2.05, 4.69) is 38.5 Å². The van der Waals surface area contributed by atoms with Gasteiger partial charge in [-0.3, -0.25) is 4.68 Å². The predicted molar refractivity (Wildman–Crippen MR) is 77.4 cm³/mol. The Kier molecular flexibility index (Phi) is 3.33. The SMILES string of the molecule is CNC(c1c(Br)cnn1C)C1COc2ccccc21. The van der Waals surface area contributed by atoms with Crippen LogP contribution in [0.25, 0.3) is 0 Å². The number of hydrogen-bond donors (Lipinski definition) is 1. The second-order valence-corrected chi connectivity index (χ2v) is 5.58. The van der Waals surface area contributed by atoms with Crippen molar-refractivity contribution in [3.63, 3.8) is 0 Å². The molecule has 100 valence electrons. The lowest BCUT2D eigenvalue weighted by atomic mass is 9.91. The smallest absolute Gasteiger partial charge is 0.122 e. The highest BCUT2D eigenvalue weighted by Crippen LogP contribution is 2.42. The largest absolute Gasteiger partial charge is 0.493 e. The van der Waals surface area contributed by atoms with Crippen LogP contribution in [-0.2, 0) is 7.05 Å². The first-order valence-electron chi connectivity index (χ1n) is 6.28. The first-order valence-corrected chi connectivity index (χ1v) is 7.08. The molecular formula is C14H16BrN3O. The second kappa shape index (κ2) is 4.98. The van der Waals surface area contributed by atoms with Crippen molar-refractivity contribution in [3.05, 3.63) is 46.2 Å². The topological polar surface area (TPSA) is 39.1 Å². The molecule has 0 saturated heterocycles. The minimum Gasteiger partial charge on any atom is -0.493 e. The number of para-hydroxylation sites is 1. The maximum absolute atomic E-state index is 5.79. The third-order valence-electron chi connectivity index (χ3n) is 3.68. The third kappa shape index (κ3) is 2.07. The Morgan fingerprint density at radius 1 is 1.47 bits per heavy atom. The number of nitrogens with zero attached hydrogens (tertiary/aromatic N) is 2. The molecule has 5 heteroatoms. The van der Waals surface area contributed by atoms with Gasteiger partial charge in [-0.05, 0) is 29.0 Å². The molecule has 2 unspecified atom stereocenters. The van der Waals surface area contributed by atoms with Gasteiger partial charge in [-0.25, -0.2) is 0 Å². The number of aromatic nitrogens is 2. The van der Waals surface area contributed by atoms with Crippen LogP contribution in [0.15, 0.2) is 34.9 Å². The highest BCUT2D eigenvalue weighted by atomic mass is 79.9. The molecule has 2 atom stereocenters. The lowest BCUT2D eigenvalue weighted by Gasteiger charge is -2.23. The molecule has 0 amide bonds. The number of hydrogen-bond acceptors (Lipinski definition) is 3. The van der Waals surface area contributed by atoms with Crippen LogP contribution < -0.4 is 10.1 Å². The minimum absolute atomic E-state index is 0.172. The normalized spacial score (nSPS) is 19.0. The molecule has 1 aromatic heterocycles. The van der Waals surface area contributed by atoms with Crippen LogP contribution in [0.4, 0.5) is 0 Å².